The SMILES string of the molecule is CC(=O)N1CCN(S(=O)(=O)c2ccc(OC(F)(F)F)cc2)[C@](C)(C(=O)NCc2ccc(-c3cccs3)s2)C1. The van der Waals surface area contributed by atoms with Crippen molar-refractivity contribution in [3.8, 4) is 15.5 Å². The summed E-state index contributed by atoms with van der Waals surface area (Å²) in [5.41, 5.74) is -1.67. The Balaban J connectivity index is 1.57. The number of nitrogens with zero attached hydrogens (tertiary/aromatic N) is 2. The zero-order valence-corrected chi connectivity index (χ0v) is 22.8. The Hall–Kier alpha value is -2.94. The number of amides is 2. The summed E-state index contributed by atoms with van der Waals surface area (Å²) in [6, 6.07) is 11.5. The molecule has 1 aromatic carbocycles. The van der Waals surface area contributed by atoms with Crippen molar-refractivity contribution in [2.75, 3.05) is 19.6 Å². The molecule has 0 unspecified atom stereocenters. The number of thiophene rings is 2. The molecule has 204 valence electrons. The number of carbonyl (C=O) groups is 2. The van der Waals surface area contributed by atoms with E-state index < -0.39 is 33.6 Å². The Bertz CT molecular complexity index is 1410. The molecule has 4 rings (SSSR count). The molecule has 1 N–H and O–H groups in total. The van der Waals surface area contributed by atoms with Crippen LogP contribution in [0.25, 0.3) is 9.75 Å². The first-order valence-electron chi connectivity index (χ1n) is 11.3. The van der Waals surface area contributed by atoms with Gasteiger partial charge in [-0.05, 0) is 54.8 Å². The highest BCUT2D eigenvalue weighted by atomic mass is 32.2. The third-order valence-electron chi connectivity index (χ3n) is 6.05. The van der Waals surface area contributed by atoms with E-state index in [2.05, 4.69) is 10.1 Å². The number of benzene rings is 1. The number of halogens is 3. The van der Waals surface area contributed by atoms with Gasteiger partial charge in [0.15, 0.2) is 0 Å². The third-order valence-corrected chi connectivity index (χ3v) is 10.2. The van der Waals surface area contributed by atoms with Crippen LogP contribution in [-0.2, 0) is 26.2 Å². The van der Waals surface area contributed by atoms with Crippen LogP contribution in [0.4, 0.5) is 13.2 Å². The van der Waals surface area contributed by atoms with Crippen LogP contribution < -0.4 is 10.1 Å². The first kappa shape index (κ1) is 28.1. The fourth-order valence-electron chi connectivity index (χ4n) is 4.15. The molecule has 1 aliphatic rings. The summed E-state index contributed by atoms with van der Waals surface area (Å²) in [5, 5.41) is 4.77. The molecule has 3 heterocycles. The highest BCUT2D eigenvalue weighted by molar-refractivity contribution is 7.89. The van der Waals surface area contributed by atoms with E-state index in [1.807, 2.05) is 29.6 Å². The predicted molar refractivity (Wildman–Crippen MR) is 137 cm³/mol. The first-order chi connectivity index (χ1) is 17.8. The lowest BCUT2D eigenvalue weighted by molar-refractivity contribution is -0.274. The van der Waals surface area contributed by atoms with E-state index in [-0.39, 0.29) is 37.0 Å². The molecule has 1 saturated heterocycles. The van der Waals surface area contributed by atoms with Gasteiger partial charge in [-0.15, -0.1) is 35.8 Å². The summed E-state index contributed by atoms with van der Waals surface area (Å²) in [6.45, 7) is 2.62. The van der Waals surface area contributed by atoms with Crippen LogP contribution in [0, 0.1) is 0 Å². The standard InChI is InChI=1S/C24H24F3N3O5S3/c1-16(31)29-11-12-30(38(33,34)19-8-5-17(6-9-19)35-24(25,26)27)23(2,15-29)22(32)28-14-18-7-10-21(37-18)20-4-3-13-36-20/h3-10,13H,11-12,14-15H2,1-2H3,(H,28,32)/t23-/m0/s1. The Labute approximate surface area is 225 Å². The van der Waals surface area contributed by atoms with Gasteiger partial charge in [0.1, 0.15) is 11.3 Å². The molecular formula is C24H24F3N3O5S3. The van der Waals surface area contributed by atoms with Gasteiger partial charge in [0.25, 0.3) is 0 Å². The molecule has 38 heavy (non-hydrogen) atoms. The van der Waals surface area contributed by atoms with E-state index in [1.165, 1.54) is 30.1 Å². The summed E-state index contributed by atoms with van der Waals surface area (Å²) in [5.74, 6) is -1.49. The second kappa shape index (κ2) is 10.7. The van der Waals surface area contributed by atoms with Crippen LogP contribution in [0.3, 0.4) is 0 Å². The number of alkyl halides is 3. The average Bonchev–Trinajstić information content (AvgIpc) is 3.53. The van der Waals surface area contributed by atoms with Gasteiger partial charge in [0, 0.05) is 41.2 Å². The second-order valence-electron chi connectivity index (χ2n) is 8.74. The zero-order valence-electron chi connectivity index (χ0n) is 20.3. The van der Waals surface area contributed by atoms with Crippen molar-refractivity contribution >= 4 is 44.5 Å². The molecule has 1 fully saturated rings. The summed E-state index contributed by atoms with van der Waals surface area (Å²) < 4.78 is 69.5. The van der Waals surface area contributed by atoms with Gasteiger partial charge in [-0.25, -0.2) is 8.42 Å². The Morgan fingerprint density at radius 2 is 1.79 bits per heavy atom. The predicted octanol–water partition coefficient (Wildman–Crippen LogP) is 4.30. The van der Waals surface area contributed by atoms with Crippen LogP contribution in [0.15, 0.2) is 58.8 Å². The molecule has 1 atom stereocenters. The number of hydrogen-bond donors (Lipinski definition) is 1. The van der Waals surface area contributed by atoms with Crippen molar-refractivity contribution in [1.29, 1.82) is 0 Å². The normalized spacial score (nSPS) is 18.8. The highest BCUT2D eigenvalue weighted by Gasteiger charge is 2.50. The topological polar surface area (TPSA) is 96.0 Å². The molecular weight excluding hydrogens is 563 g/mol. The number of carbonyl (C=O) groups excluding carboxylic acids is 2. The maximum absolute atomic E-state index is 13.6. The van der Waals surface area contributed by atoms with Gasteiger partial charge in [-0.1, -0.05) is 6.07 Å². The van der Waals surface area contributed by atoms with E-state index in [1.54, 1.807) is 11.3 Å². The maximum atomic E-state index is 13.6. The Morgan fingerprint density at radius 1 is 1.08 bits per heavy atom. The summed E-state index contributed by atoms with van der Waals surface area (Å²) in [4.78, 5) is 29.7. The van der Waals surface area contributed by atoms with Crippen molar-refractivity contribution in [3.63, 3.8) is 0 Å². The van der Waals surface area contributed by atoms with E-state index in [4.69, 9.17) is 0 Å². The monoisotopic (exact) mass is 587 g/mol. The fraction of sp³-hybridized carbons (Fsp3) is 0.333. The molecule has 14 heteroatoms. The van der Waals surface area contributed by atoms with Gasteiger partial charge in [-0.2, -0.15) is 4.31 Å². The van der Waals surface area contributed by atoms with Gasteiger partial charge >= 0.3 is 6.36 Å². The van der Waals surface area contributed by atoms with Crippen LogP contribution in [0.1, 0.15) is 18.7 Å². The van der Waals surface area contributed by atoms with E-state index >= 15 is 0 Å². The lowest BCUT2D eigenvalue weighted by atomic mass is 9.97. The Kier molecular flexibility index (Phi) is 7.89. The molecule has 0 aliphatic carbocycles. The average molecular weight is 588 g/mol. The highest BCUT2D eigenvalue weighted by Crippen LogP contribution is 2.33. The molecule has 3 aromatic rings. The number of piperazine rings is 1. The number of ether oxygens (including phenoxy) is 1. The van der Waals surface area contributed by atoms with Crippen molar-refractivity contribution < 1.29 is 35.9 Å². The molecule has 1 aliphatic heterocycles. The van der Waals surface area contributed by atoms with E-state index in [9.17, 15) is 31.2 Å². The van der Waals surface area contributed by atoms with Gasteiger partial charge in [0.05, 0.1) is 11.4 Å². The smallest absolute Gasteiger partial charge is 0.406 e. The van der Waals surface area contributed by atoms with Gasteiger partial charge in [-0.3, -0.25) is 9.59 Å². The van der Waals surface area contributed by atoms with Crippen molar-refractivity contribution in [2.24, 2.45) is 0 Å². The van der Waals surface area contributed by atoms with Crippen LogP contribution in [-0.4, -0.2) is 61.0 Å². The molecule has 2 amide bonds. The minimum atomic E-state index is -4.92. The number of hydrogen-bond acceptors (Lipinski definition) is 7. The zero-order chi connectivity index (χ0) is 27.7. The quantitative estimate of drug-likeness (QED) is 0.445. The molecule has 0 bridgehead atoms. The first-order valence-corrected chi connectivity index (χ1v) is 14.5. The molecule has 2 aromatic heterocycles. The number of nitrogens with one attached hydrogen (secondary N) is 1. The van der Waals surface area contributed by atoms with Crippen LogP contribution >= 0.6 is 22.7 Å². The van der Waals surface area contributed by atoms with Crippen LogP contribution in [0.5, 0.6) is 5.75 Å². The molecule has 0 radical (unpaired) electrons. The number of rotatable bonds is 7. The fourth-order valence-corrected chi connectivity index (χ4v) is 7.66. The summed E-state index contributed by atoms with van der Waals surface area (Å²) >= 11 is 3.09. The van der Waals surface area contributed by atoms with Gasteiger partial charge < -0.3 is 15.0 Å². The minimum Gasteiger partial charge on any atom is -0.406 e. The lowest BCUT2D eigenvalue weighted by Gasteiger charge is -2.46. The van der Waals surface area contributed by atoms with Crippen molar-refractivity contribution in [2.45, 2.75) is 37.2 Å². The Morgan fingerprint density at radius 3 is 2.39 bits per heavy atom. The molecule has 0 spiro atoms. The second-order valence-corrected chi connectivity index (χ2v) is 12.7. The van der Waals surface area contributed by atoms with Crippen molar-refractivity contribution in [1.82, 2.24) is 14.5 Å². The summed E-state index contributed by atoms with van der Waals surface area (Å²) in [7, 11) is -4.33. The molecule has 8 nitrogen and oxygen atoms in total. The van der Waals surface area contributed by atoms with Gasteiger partial charge in [0.2, 0.25) is 21.8 Å². The van der Waals surface area contributed by atoms with Crippen LogP contribution in [0.2, 0.25) is 0 Å². The number of sulfonamides is 1. The summed E-state index contributed by atoms with van der Waals surface area (Å²) in [6.07, 6.45) is -4.92. The lowest BCUT2D eigenvalue weighted by Crippen LogP contribution is -2.68. The third kappa shape index (κ3) is 6.03. The maximum Gasteiger partial charge on any atom is 0.573 e. The minimum absolute atomic E-state index is 0.0573. The van der Waals surface area contributed by atoms with Crippen molar-refractivity contribution in [3.05, 3.63) is 58.8 Å². The largest absolute Gasteiger partial charge is 0.573 e. The van der Waals surface area contributed by atoms with E-state index in [0.717, 1.165) is 43.2 Å². The molecule has 0 saturated carbocycles. The van der Waals surface area contributed by atoms with E-state index in [0.29, 0.717) is 0 Å².